The van der Waals surface area contributed by atoms with Gasteiger partial charge in [0, 0.05) is 18.7 Å². The van der Waals surface area contributed by atoms with Crippen molar-refractivity contribution in [3.63, 3.8) is 0 Å². The number of carbonyl (C=O) groups is 2. The first-order chi connectivity index (χ1) is 12.0. The molecule has 130 valence electrons. The summed E-state index contributed by atoms with van der Waals surface area (Å²) in [5.41, 5.74) is 1.70. The van der Waals surface area contributed by atoms with E-state index in [1.807, 2.05) is 0 Å². The van der Waals surface area contributed by atoms with Crippen LogP contribution in [0, 0.1) is 5.82 Å². The van der Waals surface area contributed by atoms with Crippen molar-refractivity contribution in [2.75, 3.05) is 13.1 Å². The van der Waals surface area contributed by atoms with E-state index in [-0.39, 0.29) is 11.5 Å². The molecule has 0 aromatic heterocycles. The van der Waals surface area contributed by atoms with E-state index in [1.54, 1.807) is 23.1 Å². The summed E-state index contributed by atoms with van der Waals surface area (Å²) in [6.45, 7) is 1.37. The number of aliphatic hydroxyl groups excluding tert-OH is 1. The van der Waals surface area contributed by atoms with Crippen molar-refractivity contribution in [2.24, 2.45) is 0 Å². The molecule has 25 heavy (non-hydrogen) atoms. The van der Waals surface area contributed by atoms with Gasteiger partial charge in [-0.05, 0) is 47.7 Å². The summed E-state index contributed by atoms with van der Waals surface area (Å²) in [5.74, 6) is -2.03. The number of carboxylic acids is 1. The number of nitrogens with zero attached hydrogens (tertiary/aromatic N) is 1. The molecule has 0 radical (unpaired) electrons. The SMILES string of the molecule is O=C(O)C(O)c1ccc(-c2cc(F)cc(C(=O)N3CCCC3)c2)cc1. The second kappa shape index (κ2) is 7.03. The van der Waals surface area contributed by atoms with E-state index in [9.17, 15) is 19.1 Å². The zero-order chi connectivity index (χ0) is 18.0. The van der Waals surface area contributed by atoms with Crippen molar-refractivity contribution >= 4 is 11.9 Å². The molecule has 0 aliphatic carbocycles. The van der Waals surface area contributed by atoms with Gasteiger partial charge in [0.05, 0.1) is 0 Å². The van der Waals surface area contributed by atoms with Gasteiger partial charge in [0.1, 0.15) is 5.82 Å². The van der Waals surface area contributed by atoms with Crippen LogP contribution in [0.25, 0.3) is 11.1 Å². The molecular formula is C19H18FNO4. The van der Waals surface area contributed by atoms with Crippen LogP contribution in [0.3, 0.4) is 0 Å². The number of rotatable bonds is 4. The molecule has 1 unspecified atom stereocenters. The van der Waals surface area contributed by atoms with E-state index >= 15 is 0 Å². The van der Waals surface area contributed by atoms with E-state index in [0.717, 1.165) is 12.8 Å². The normalized spacial score (nSPS) is 15.2. The molecule has 1 aliphatic rings. The van der Waals surface area contributed by atoms with Crippen molar-refractivity contribution in [2.45, 2.75) is 18.9 Å². The minimum Gasteiger partial charge on any atom is -0.479 e. The Balaban J connectivity index is 1.89. The number of carbonyl (C=O) groups excluding carboxylic acids is 1. The molecule has 0 saturated carbocycles. The van der Waals surface area contributed by atoms with Gasteiger partial charge < -0.3 is 15.1 Å². The average Bonchev–Trinajstić information content (AvgIpc) is 3.14. The van der Waals surface area contributed by atoms with Gasteiger partial charge in [-0.15, -0.1) is 0 Å². The predicted molar refractivity (Wildman–Crippen MR) is 89.6 cm³/mol. The Kier molecular flexibility index (Phi) is 4.81. The number of benzene rings is 2. The van der Waals surface area contributed by atoms with Crippen LogP contribution in [0.1, 0.15) is 34.9 Å². The van der Waals surface area contributed by atoms with Gasteiger partial charge >= 0.3 is 5.97 Å². The second-order valence-corrected chi connectivity index (χ2v) is 6.09. The van der Waals surface area contributed by atoms with Gasteiger partial charge in [0.25, 0.3) is 5.91 Å². The number of aliphatic carboxylic acids is 1. The maximum Gasteiger partial charge on any atom is 0.337 e. The maximum absolute atomic E-state index is 14.0. The molecule has 1 amide bonds. The summed E-state index contributed by atoms with van der Waals surface area (Å²) in [6, 6.07) is 10.3. The first-order valence-electron chi connectivity index (χ1n) is 8.07. The highest BCUT2D eigenvalue weighted by atomic mass is 19.1. The van der Waals surface area contributed by atoms with Crippen LogP contribution >= 0.6 is 0 Å². The van der Waals surface area contributed by atoms with Crippen molar-refractivity contribution in [3.05, 3.63) is 59.4 Å². The highest BCUT2D eigenvalue weighted by molar-refractivity contribution is 5.95. The molecule has 1 heterocycles. The average molecular weight is 343 g/mol. The second-order valence-electron chi connectivity index (χ2n) is 6.09. The van der Waals surface area contributed by atoms with Gasteiger partial charge in [0.15, 0.2) is 6.10 Å². The van der Waals surface area contributed by atoms with E-state index in [1.165, 1.54) is 24.3 Å². The van der Waals surface area contributed by atoms with Gasteiger partial charge in [-0.25, -0.2) is 9.18 Å². The Hall–Kier alpha value is -2.73. The van der Waals surface area contributed by atoms with Crippen molar-refractivity contribution in [1.82, 2.24) is 4.90 Å². The first-order valence-corrected chi connectivity index (χ1v) is 8.07. The monoisotopic (exact) mass is 343 g/mol. The number of hydrogen-bond acceptors (Lipinski definition) is 3. The van der Waals surface area contributed by atoms with Gasteiger partial charge in [-0.2, -0.15) is 0 Å². The lowest BCUT2D eigenvalue weighted by molar-refractivity contribution is -0.146. The molecule has 2 aromatic rings. The number of likely N-dealkylation sites (tertiary alicyclic amines) is 1. The molecule has 1 atom stereocenters. The number of carboxylic acid groups (broad SMARTS) is 1. The summed E-state index contributed by atoms with van der Waals surface area (Å²) in [5, 5.41) is 18.3. The fourth-order valence-electron chi connectivity index (χ4n) is 2.98. The third kappa shape index (κ3) is 3.69. The Morgan fingerprint density at radius 1 is 1.00 bits per heavy atom. The molecule has 5 nitrogen and oxygen atoms in total. The highest BCUT2D eigenvalue weighted by Gasteiger charge is 2.21. The van der Waals surface area contributed by atoms with Crippen molar-refractivity contribution in [3.8, 4) is 11.1 Å². The van der Waals surface area contributed by atoms with E-state index < -0.39 is 17.9 Å². The summed E-state index contributed by atoms with van der Waals surface area (Å²) in [6.07, 6.45) is 0.316. The van der Waals surface area contributed by atoms with E-state index in [2.05, 4.69) is 0 Å². The van der Waals surface area contributed by atoms with Crippen LogP contribution in [-0.4, -0.2) is 40.1 Å². The Morgan fingerprint density at radius 2 is 1.64 bits per heavy atom. The quantitative estimate of drug-likeness (QED) is 0.895. The van der Waals surface area contributed by atoms with Gasteiger partial charge in [-0.3, -0.25) is 4.79 Å². The highest BCUT2D eigenvalue weighted by Crippen LogP contribution is 2.25. The minimum atomic E-state index is -1.60. The number of hydrogen-bond donors (Lipinski definition) is 2. The summed E-state index contributed by atoms with van der Waals surface area (Å²) < 4.78 is 14.0. The summed E-state index contributed by atoms with van der Waals surface area (Å²) in [4.78, 5) is 25.0. The molecule has 6 heteroatoms. The number of amides is 1. The first kappa shape index (κ1) is 17.1. The predicted octanol–water partition coefficient (Wildman–Crippen LogP) is 2.85. The molecule has 0 spiro atoms. The lowest BCUT2D eigenvalue weighted by atomic mass is 9.99. The van der Waals surface area contributed by atoms with Crippen molar-refractivity contribution < 1.29 is 24.2 Å². The number of halogens is 1. The molecule has 3 rings (SSSR count). The topological polar surface area (TPSA) is 77.8 Å². The fraction of sp³-hybridized carbons (Fsp3) is 0.263. The molecule has 1 aliphatic heterocycles. The Bertz CT molecular complexity index is 798. The standard InChI is InChI=1S/C19H18FNO4/c20-16-10-14(9-15(11-16)18(23)21-7-1-2-8-21)12-3-5-13(6-4-12)17(22)19(24)25/h3-6,9-11,17,22H,1-2,7-8H2,(H,24,25). The van der Waals surface area contributed by atoms with Crippen LogP contribution in [0.4, 0.5) is 4.39 Å². The van der Waals surface area contributed by atoms with Crippen molar-refractivity contribution in [1.29, 1.82) is 0 Å². The third-order valence-electron chi connectivity index (χ3n) is 4.33. The number of aliphatic hydroxyl groups is 1. The molecule has 1 saturated heterocycles. The zero-order valence-corrected chi connectivity index (χ0v) is 13.5. The maximum atomic E-state index is 14.0. The minimum absolute atomic E-state index is 0.184. The molecule has 1 fully saturated rings. The van der Waals surface area contributed by atoms with Crippen LogP contribution in [-0.2, 0) is 4.79 Å². The zero-order valence-electron chi connectivity index (χ0n) is 13.5. The largest absolute Gasteiger partial charge is 0.479 e. The van der Waals surface area contributed by atoms with Crippen LogP contribution in [0.5, 0.6) is 0 Å². The van der Waals surface area contributed by atoms with Crippen LogP contribution < -0.4 is 0 Å². The molecular weight excluding hydrogens is 325 g/mol. The summed E-state index contributed by atoms with van der Waals surface area (Å²) in [7, 11) is 0. The molecule has 2 aromatic carbocycles. The Morgan fingerprint density at radius 3 is 2.24 bits per heavy atom. The van der Waals surface area contributed by atoms with Gasteiger partial charge in [-0.1, -0.05) is 24.3 Å². The fourth-order valence-corrected chi connectivity index (χ4v) is 2.98. The van der Waals surface area contributed by atoms with Gasteiger partial charge in [0.2, 0.25) is 0 Å². The van der Waals surface area contributed by atoms with Crippen LogP contribution in [0.2, 0.25) is 0 Å². The molecule has 2 N–H and O–H groups in total. The Labute approximate surface area is 144 Å². The summed E-state index contributed by atoms with van der Waals surface area (Å²) >= 11 is 0. The lowest BCUT2D eigenvalue weighted by Crippen LogP contribution is -2.27. The van der Waals surface area contributed by atoms with Crippen LogP contribution in [0.15, 0.2) is 42.5 Å². The van der Waals surface area contributed by atoms with E-state index in [4.69, 9.17) is 5.11 Å². The lowest BCUT2D eigenvalue weighted by Gasteiger charge is -2.16. The third-order valence-corrected chi connectivity index (χ3v) is 4.33. The smallest absolute Gasteiger partial charge is 0.337 e. The van der Waals surface area contributed by atoms with E-state index in [0.29, 0.717) is 29.8 Å². The molecule has 0 bridgehead atoms.